The SMILES string of the molecule is NC(=O)Nc1ccc(NC(=O)Cn2nnc(-c3ccccc3)n2)cc1. The van der Waals surface area contributed by atoms with Gasteiger partial charge in [-0.25, -0.2) is 4.79 Å². The minimum Gasteiger partial charge on any atom is -0.351 e. The molecule has 0 aliphatic heterocycles. The van der Waals surface area contributed by atoms with Crippen LogP contribution in [0.1, 0.15) is 0 Å². The Morgan fingerprint density at radius 3 is 2.24 bits per heavy atom. The molecule has 9 heteroatoms. The fraction of sp³-hybridized carbons (Fsp3) is 0.0625. The molecule has 4 N–H and O–H groups in total. The number of urea groups is 1. The number of hydrogen-bond acceptors (Lipinski definition) is 5. The van der Waals surface area contributed by atoms with Gasteiger partial charge in [0, 0.05) is 16.9 Å². The molecule has 0 aliphatic carbocycles. The first-order chi connectivity index (χ1) is 12.1. The Morgan fingerprint density at radius 1 is 0.960 bits per heavy atom. The molecule has 25 heavy (non-hydrogen) atoms. The summed E-state index contributed by atoms with van der Waals surface area (Å²) in [4.78, 5) is 24.0. The van der Waals surface area contributed by atoms with Crippen LogP contribution in [0.5, 0.6) is 0 Å². The first-order valence-corrected chi connectivity index (χ1v) is 7.40. The van der Waals surface area contributed by atoms with Crippen molar-refractivity contribution in [2.24, 2.45) is 5.73 Å². The molecular weight excluding hydrogens is 322 g/mol. The van der Waals surface area contributed by atoms with Crippen LogP contribution in [0.25, 0.3) is 11.4 Å². The monoisotopic (exact) mass is 337 g/mol. The molecule has 0 unspecified atom stereocenters. The fourth-order valence-electron chi connectivity index (χ4n) is 2.12. The van der Waals surface area contributed by atoms with E-state index in [9.17, 15) is 9.59 Å². The van der Waals surface area contributed by atoms with Crippen molar-refractivity contribution in [3.8, 4) is 11.4 Å². The highest BCUT2D eigenvalue weighted by molar-refractivity contribution is 5.91. The summed E-state index contributed by atoms with van der Waals surface area (Å²) in [5, 5.41) is 17.1. The van der Waals surface area contributed by atoms with Crippen LogP contribution in [0, 0.1) is 0 Å². The van der Waals surface area contributed by atoms with Crippen LogP contribution in [0.2, 0.25) is 0 Å². The van der Waals surface area contributed by atoms with E-state index < -0.39 is 6.03 Å². The van der Waals surface area contributed by atoms with Crippen molar-refractivity contribution >= 4 is 23.3 Å². The smallest absolute Gasteiger partial charge is 0.316 e. The van der Waals surface area contributed by atoms with Crippen molar-refractivity contribution < 1.29 is 9.59 Å². The lowest BCUT2D eigenvalue weighted by Gasteiger charge is -2.06. The van der Waals surface area contributed by atoms with Gasteiger partial charge in [0.05, 0.1) is 0 Å². The van der Waals surface area contributed by atoms with Crippen molar-refractivity contribution in [1.82, 2.24) is 20.2 Å². The third kappa shape index (κ3) is 4.38. The Balaban J connectivity index is 1.59. The van der Waals surface area contributed by atoms with Crippen LogP contribution >= 0.6 is 0 Å². The number of nitrogens with one attached hydrogen (secondary N) is 2. The minimum atomic E-state index is -0.650. The summed E-state index contributed by atoms with van der Waals surface area (Å²) in [6.45, 7) is -0.0683. The largest absolute Gasteiger partial charge is 0.351 e. The predicted molar refractivity (Wildman–Crippen MR) is 91.5 cm³/mol. The summed E-state index contributed by atoms with van der Waals surface area (Å²) in [6.07, 6.45) is 0. The average Bonchev–Trinajstić information content (AvgIpc) is 3.05. The molecule has 0 saturated carbocycles. The maximum atomic E-state index is 12.1. The molecule has 1 heterocycles. The number of hydrogen-bond donors (Lipinski definition) is 3. The molecule has 0 aliphatic rings. The number of primary amides is 1. The molecule has 0 fully saturated rings. The summed E-state index contributed by atoms with van der Waals surface area (Å²) in [5.41, 5.74) is 6.97. The summed E-state index contributed by atoms with van der Waals surface area (Å²) in [5.74, 6) is 0.155. The topological polar surface area (TPSA) is 128 Å². The number of anilines is 2. The summed E-state index contributed by atoms with van der Waals surface area (Å²) in [6, 6.07) is 15.3. The van der Waals surface area contributed by atoms with Crippen LogP contribution in [-0.2, 0) is 11.3 Å². The summed E-state index contributed by atoms with van der Waals surface area (Å²) >= 11 is 0. The van der Waals surface area contributed by atoms with Gasteiger partial charge in [0.2, 0.25) is 11.7 Å². The highest BCUT2D eigenvalue weighted by Crippen LogP contribution is 2.14. The normalized spacial score (nSPS) is 10.2. The van der Waals surface area contributed by atoms with E-state index in [-0.39, 0.29) is 12.5 Å². The molecule has 3 aromatic rings. The Morgan fingerprint density at radius 2 is 1.60 bits per heavy atom. The standard InChI is InChI=1S/C16H15N7O2/c17-16(25)19-13-8-6-12(7-9-13)18-14(24)10-23-21-15(20-22-23)11-4-2-1-3-5-11/h1-9H,10H2,(H,18,24)(H3,17,19,25). The lowest BCUT2D eigenvalue weighted by molar-refractivity contribution is -0.117. The molecule has 0 spiro atoms. The maximum absolute atomic E-state index is 12.1. The number of tetrazole rings is 1. The molecule has 2 aromatic carbocycles. The highest BCUT2D eigenvalue weighted by atomic mass is 16.2. The molecular formula is C16H15N7O2. The third-order valence-electron chi connectivity index (χ3n) is 3.21. The molecule has 0 saturated heterocycles. The number of aromatic nitrogens is 4. The number of carbonyl (C=O) groups excluding carboxylic acids is 2. The molecule has 9 nitrogen and oxygen atoms in total. The zero-order valence-electron chi connectivity index (χ0n) is 13.1. The molecule has 3 amide bonds. The molecule has 0 radical (unpaired) electrons. The number of amides is 3. The van der Waals surface area contributed by atoms with E-state index in [1.165, 1.54) is 4.80 Å². The van der Waals surface area contributed by atoms with Crippen molar-refractivity contribution in [3.05, 3.63) is 54.6 Å². The maximum Gasteiger partial charge on any atom is 0.316 e. The third-order valence-corrected chi connectivity index (χ3v) is 3.21. The van der Waals surface area contributed by atoms with Gasteiger partial charge in [-0.05, 0) is 29.5 Å². The van der Waals surface area contributed by atoms with Crippen LogP contribution in [0.4, 0.5) is 16.2 Å². The van der Waals surface area contributed by atoms with Crippen molar-refractivity contribution in [3.63, 3.8) is 0 Å². The van der Waals surface area contributed by atoms with Gasteiger partial charge in [-0.2, -0.15) is 4.80 Å². The van der Waals surface area contributed by atoms with Crippen LogP contribution < -0.4 is 16.4 Å². The number of carbonyl (C=O) groups is 2. The molecule has 1 aromatic heterocycles. The van der Waals surface area contributed by atoms with E-state index in [0.29, 0.717) is 17.2 Å². The van der Waals surface area contributed by atoms with Crippen LogP contribution in [0.15, 0.2) is 54.6 Å². The van der Waals surface area contributed by atoms with E-state index in [2.05, 4.69) is 26.0 Å². The van der Waals surface area contributed by atoms with Gasteiger partial charge in [0.15, 0.2) is 0 Å². The van der Waals surface area contributed by atoms with E-state index in [0.717, 1.165) is 5.56 Å². The first kappa shape index (κ1) is 16.1. The summed E-state index contributed by atoms with van der Waals surface area (Å²) in [7, 11) is 0. The van der Waals surface area contributed by atoms with Gasteiger partial charge in [-0.3, -0.25) is 4.79 Å². The van der Waals surface area contributed by atoms with E-state index in [4.69, 9.17) is 5.73 Å². The van der Waals surface area contributed by atoms with Gasteiger partial charge < -0.3 is 16.4 Å². The summed E-state index contributed by atoms with van der Waals surface area (Å²) < 4.78 is 0. The second-order valence-corrected chi connectivity index (χ2v) is 5.12. The van der Waals surface area contributed by atoms with E-state index >= 15 is 0 Å². The number of rotatable bonds is 5. The zero-order chi connectivity index (χ0) is 17.6. The number of benzene rings is 2. The van der Waals surface area contributed by atoms with Gasteiger partial charge in [-0.15, -0.1) is 10.2 Å². The highest BCUT2D eigenvalue weighted by Gasteiger charge is 2.09. The molecule has 3 rings (SSSR count). The van der Waals surface area contributed by atoms with Crippen LogP contribution in [0.3, 0.4) is 0 Å². The second-order valence-electron chi connectivity index (χ2n) is 5.12. The number of nitrogens with two attached hydrogens (primary N) is 1. The molecule has 0 bridgehead atoms. The average molecular weight is 337 g/mol. The lowest BCUT2D eigenvalue weighted by Crippen LogP contribution is -2.21. The van der Waals surface area contributed by atoms with Gasteiger partial charge in [-0.1, -0.05) is 30.3 Å². The Kier molecular flexibility index (Phi) is 4.65. The van der Waals surface area contributed by atoms with Gasteiger partial charge in [0.1, 0.15) is 6.54 Å². The van der Waals surface area contributed by atoms with Gasteiger partial charge >= 0.3 is 6.03 Å². The van der Waals surface area contributed by atoms with Crippen molar-refractivity contribution in [2.45, 2.75) is 6.54 Å². The van der Waals surface area contributed by atoms with E-state index in [1.807, 2.05) is 30.3 Å². The number of nitrogens with zero attached hydrogens (tertiary/aromatic N) is 4. The Labute approximate surface area is 142 Å². The van der Waals surface area contributed by atoms with Crippen molar-refractivity contribution in [2.75, 3.05) is 10.6 Å². The molecule has 126 valence electrons. The Bertz CT molecular complexity index is 875. The van der Waals surface area contributed by atoms with Gasteiger partial charge in [0.25, 0.3) is 0 Å². The molecule has 0 atom stereocenters. The first-order valence-electron chi connectivity index (χ1n) is 7.40. The fourth-order valence-corrected chi connectivity index (χ4v) is 2.12. The van der Waals surface area contributed by atoms with E-state index in [1.54, 1.807) is 24.3 Å². The van der Waals surface area contributed by atoms with Crippen LogP contribution in [-0.4, -0.2) is 32.1 Å². The Hall–Kier alpha value is -3.75. The minimum absolute atomic E-state index is 0.0683. The zero-order valence-corrected chi connectivity index (χ0v) is 13.1. The second kappa shape index (κ2) is 7.21. The lowest BCUT2D eigenvalue weighted by atomic mass is 10.2. The quantitative estimate of drug-likeness (QED) is 0.649. The van der Waals surface area contributed by atoms with Crippen molar-refractivity contribution in [1.29, 1.82) is 0 Å². The predicted octanol–water partition coefficient (Wildman–Crippen LogP) is 1.47.